The van der Waals surface area contributed by atoms with Gasteiger partial charge in [-0.15, -0.1) is 11.3 Å². The maximum Gasteiger partial charge on any atom is 0.0740 e. The molecule has 0 radical (unpaired) electrons. The summed E-state index contributed by atoms with van der Waals surface area (Å²) in [4.78, 5) is 3.97. The molecule has 0 fully saturated rings. The van der Waals surface area contributed by atoms with Gasteiger partial charge >= 0.3 is 0 Å². The van der Waals surface area contributed by atoms with E-state index in [1.807, 2.05) is 11.3 Å². The molecule has 15 rings (SSSR count). The van der Waals surface area contributed by atoms with Crippen molar-refractivity contribution >= 4 is 38.5 Å². The van der Waals surface area contributed by atoms with E-state index >= 15 is 0 Å². The molecule has 0 N–H and O–H groups in total. The third-order valence-corrected chi connectivity index (χ3v) is 16.5. The van der Waals surface area contributed by atoms with Crippen LogP contribution in [0, 0.1) is 0 Å². The smallest absolute Gasteiger partial charge is 0.0740 e. The van der Waals surface area contributed by atoms with Crippen LogP contribution in [0.1, 0.15) is 44.5 Å². The van der Waals surface area contributed by atoms with Crippen LogP contribution in [0.15, 0.2) is 237 Å². The van der Waals surface area contributed by atoms with Gasteiger partial charge in [-0.25, -0.2) is 0 Å². The highest BCUT2D eigenvalue weighted by atomic mass is 32.1. The van der Waals surface area contributed by atoms with E-state index in [1.165, 1.54) is 115 Å². The Morgan fingerprint density at radius 2 is 0.803 bits per heavy atom. The molecule has 0 aliphatic heterocycles. The number of nitrogens with zero attached hydrogens (tertiary/aromatic N) is 1. The molecule has 306 valence electrons. The zero-order chi connectivity index (χ0) is 43.1. The van der Waals surface area contributed by atoms with E-state index in [9.17, 15) is 0 Å². The summed E-state index contributed by atoms with van der Waals surface area (Å²) in [6.07, 6.45) is 0. The van der Waals surface area contributed by atoms with Crippen LogP contribution in [-0.2, 0) is 10.8 Å². The number of rotatable bonds is 4. The summed E-state index contributed by atoms with van der Waals surface area (Å²) in [7, 11) is 0. The van der Waals surface area contributed by atoms with Crippen LogP contribution in [0.4, 0.5) is 17.1 Å². The van der Waals surface area contributed by atoms with E-state index in [0.29, 0.717) is 0 Å². The van der Waals surface area contributed by atoms with Gasteiger partial charge in [0.2, 0.25) is 0 Å². The lowest BCUT2D eigenvalue weighted by Crippen LogP contribution is -2.26. The topological polar surface area (TPSA) is 3.24 Å². The molecule has 2 heteroatoms. The van der Waals surface area contributed by atoms with Gasteiger partial charge in [-0.05, 0) is 119 Å². The van der Waals surface area contributed by atoms with E-state index < -0.39 is 10.8 Å². The Morgan fingerprint density at radius 3 is 1.48 bits per heavy atom. The first-order valence-corrected chi connectivity index (χ1v) is 23.8. The molecule has 0 amide bonds. The van der Waals surface area contributed by atoms with Gasteiger partial charge in [0.1, 0.15) is 0 Å². The summed E-state index contributed by atoms with van der Waals surface area (Å²) in [5, 5.41) is 1.34. The number of benzene rings is 10. The van der Waals surface area contributed by atoms with Gasteiger partial charge in [0.15, 0.2) is 0 Å². The fourth-order valence-corrected chi connectivity index (χ4v) is 14.3. The first kappa shape index (κ1) is 36.3. The molecule has 1 nitrogen and oxygen atoms in total. The quantitative estimate of drug-likeness (QED) is 0.170. The highest BCUT2D eigenvalue weighted by Gasteiger charge is 2.55. The molecule has 1 unspecified atom stereocenters. The van der Waals surface area contributed by atoms with Crippen molar-refractivity contribution in [1.29, 1.82) is 0 Å². The summed E-state index contributed by atoms with van der Waals surface area (Å²) in [6.45, 7) is 0. The normalized spacial score (nSPS) is 15.8. The minimum Gasteiger partial charge on any atom is -0.309 e. The van der Waals surface area contributed by atoms with Crippen LogP contribution < -0.4 is 4.90 Å². The van der Waals surface area contributed by atoms with Crippen LogP contribution >= 0.6 is 11.3 Å². The summed E-state index contributed by atoms with van der Waals surface area (Å²) in [6, 6.07) is 89.3. The molecule has 4 aliphatic carbocycles. The highest BCUT2D eigenvalue weighted by molar-refractivity contribution is 7.22. The van der Waals surface area contributed by atoms with Crippen LogP contribution in [-0.4, -0.2) is 0 Å². The van der Waals surface area contributed by atoms with Gasteiger partial charge in [-0.2, -0.15) is 0 Å². The molecule has 10 aromatic carbocycles. The zero-order valence-corrected chi connectivity index (χ0v) is 36.7. The Balaban J connectivity index is 1.06. The Bertz CT molecular complexity index is 3790. The van der Waals surface area contributed by atoms with E-state index in [4.69, 9.17) is 0 Å². The molecule has 1 heterocycles. The number of para-hydroxylation sites is 1. The van der Waals surface area contributed by atoms with Crippen LogP contribution in [0.2, 0.25) is 0 Å². The molecule has 0 saturated heterocycles. The lowest BCUT2D eigenvalue weighted by molar-refractivity contribution is 0.793. The van der Waals surface area contributed by atoms with Crippen molar-refractivity contribution in [2.45, 2.75) is 10.8 Å². The largest absolute Gasteiger partial charge is 0.309 e. The lowest BCUT2D eigenvalue weighted by atomic mass is 9.70. The van der Waals surface area contributed by atoms with E-state index in [-0.39, 0.29) is 0 Å². The Kier molecular flexibility index (Phi) is 7.30. The van der Waals surface area contributed by atoms with Gasteiger partial charge in [0, 0.05) is 26.4 Å². The molecule has 0 saturated carbocycles. The van der Waals surface area contributed by atoms with Crippen molar-refractivity contribution in [3.05, 3.63) is 281 Å². The first-order valence-electron chi connectivity index (χ1n) is 23.0. The van der Waals surface area contributed by atoms with Crippen molar-refractivity contribution in [2.24, 2.45) is 0 Å². The number of hydrogen-bond donors (Lipinski definition) is 0. The summed E-state index contributed by atoms with van der Waals surface area (Å²) in [5.41, 5.74) is 24.8. The second-order valence-electron chi connectivity index (χ2n) is 18.2. The average molecular weight is 854 g/mol. The van der Waals surface area contributed by atoms with Gasteiger partial charge in [-0.3, -0.25) is 0 Å². The van der Waals surface area contributed by atoms with Crippen LogP contribution in [0.3, 0.4) is 0 Å². The zero-order valence-electron chi connectivity index (χ0n) is 35.9. The average Bonchev–Trinajstić information content (AvgIpc) is 4.16. The van der Waals surface area contributed by atoms with E-state index in [1.54, 1.807) is 0 Å². The van der Waals surface area contributed by atoms with Gasteiger partial charge in [-0.1, -0.05) is 206 Å². The Labute approximate surface area is 388 Å². The van der Waals surface area contributed by atoms with Gasteiger partial charge in [0.25, 0.3) is 0 Å². The number of hydrogen-bond acceptors (Lipinski definition) is 2. The fourth-order valence-electron chi connectivity index (χ4n) is 13.0. The molecule has 11 aromatic rings. The predicted molar refractivity (Wildman–Crippen MR) is 275 cm³/mol. The molecular weight excluding hydrogens is 815 g/mol. The molecular formula is C64H39NS. The number of anilines is 3. The number of thiophene rings is 1. The number of fused-ring (bicyclic) bond motifs is 22. The molecule has 66 heavy (non-hydrogen) atoms. The van der Waals surface area contributed by atoms with Gasteiger partial charge in [0.05, 0.1) is 22.2 Å². The van der Waals surface area contributed by atoms with E-state index in [0.717, 1.165) is 11.4 Å². The monoisotopic (exact) mass is 853 g/mol. The van der Waals surface area contributed by atoms with Gasteiger partial charge < -0.3 is 4.90 Å². The lowest BCUT2D eigenvalue weighted by Gasteiger charge is -2.34. The van der Waals surface area contributed by atoms with Crippen LogP contribution in [0.5, 0.6) is 0 Å². The van der Waals surface area contributed by atoms with Crippen molar-refractivity contribution in [1.82, 2.24) is 0 Å². The highest BCUT2D eigenvalue weighted by Crippen LogP contribution is 2.68. The Morgan fingerprint density at radius 1 is 0.318 bits per heavy atom. The van der Waals surface area contributed by atoms with Crippen molar-refractivity contribution in [2.75, 3.05) is 4.90 Å². The van der Waals surface area contributed by atoms with Crippen molar-refractivity contribution in [3.63, 3.8) is 0 Å². The second-order valence-corrected chi connectivity index (χ2v) is 19.2. The summed E-state index contributed by atoms with van der Waals surface area (Å²) in [5.74, 6) is 0. The fraction of sp³-hybridized carbons (Fsp3) is 0.0312. The van der Waals surface area contributed by atoms with Crippen molar-refractivity contribution in [3.8, 4) is 54.9 Å². The first-order chi connectivity index (χ1) is 32.8. The molecule has 4 aliphatic rings. The Hall–Kier alpha value is -8.04. The SMILES string of the molecule is c1ccc(-c2ccccc2N(c2ccc3c(c2)C2(c4ccccc4-c4ccccc42)c2ccccc2-3)c2cccc3c2-c2ccccc2C32c3ccccc3-c3sc4ccccc4c32)cc1. The third kappa shape index (κ3) is 4.40. The second kappa shape index (κ2) is 13.3. The predicted octanol–water partition coefficient (Wildman–Crippen LogP) is 16.7. The maximum atomic E-state index is 2.59. The maximum absolute atomic E-state index is 2.59. The molecule has 1 atom stereocenters. The van der Waals surface area contributed by atoms with E-state index in [2.05, 4.69) is 241 Å². The minimum atomic E-state index is -0.487. The van der Waals surface area contributed by atoms with Crippen LogP contribution in [0.25, 0.3) is 65.0 Å². The molecule has 1 aromatic heterocycles. The van der Waals surface area contributed by atoms with Crippen molar-refractivity contribution < 1.29 is 0 Å². The molecule has 0 bridgehead atoms. The summed E-state index contributed by atoms with van der Waals surface area (Å²) >= 11 is 1.94. The standard InChI is InChI=1S/C64H39NS/c1-2-19-40(20-3-1)42-21-9-16-34-57(42)65(41-37-38-46-45-24-6-13-30-52(45)63(56(46)39-41)50-28-11-4-22-43(50)44-23-5-12-29-51(44)63)58-35-18-33-55-60(58)47-25-7-14-31-53(47)64(55)54-32-15-8-26-48(54)62-61(64)49-27-10-17-36-59(49)66-62/h1-39H. The minimum absolute atomic E-state index is 0.473. The summed E-state index contributed by atoms with van der Waals surface area (Å²) < 4.78 is 1.33. The molecule has 2 spiro atoms. The third-order valence-electron chi connectivity index (χ3n) is 15.3.